The van der Waals surface area contributed by atoms with Crippen LogP contribution in [0.1, 0.15) is 12.0 Å². The first-order valence-electron chi connectivity index (χ1n) is 9.49. The zero-order valence-corrected chi connectivity index (χ0v) is 18.5. The topological polar surface area (TPSA) is 66.5 Å². The summed E-state index contributed by atoms with van der Waals surface area (Å²) in [6.45, 7) is 1.94. The van der Waals surface area contributed by atoms with Gasteiger partial charge in [-0.3, -0.25) is 9.10 Å². The summed E-state index contributed by atoms with van der Waals surface area (Å²) in [5.74, 6) is -0.239. The first-order valence-corrected chi connectivity index (χ1v) is 12.2. The fourth-order valence-electron chi connectivity index (χ4n) is 2.98. The van der Waals surface area contributed by atoms with E-state index in [4.69, 9.17) is 0 Å². The van der Waals surface area contributed by atoms with Crippen LogP contribution in [0.5, 0.6) is 0 Å². The second-order valence-electron chi connectivity index (χ2n) is 6.72. The molecule has 7 heteroatoms. The Hall–Kier alpha value is -2.77. The molecule has 0 fully saturated rings. The second kappa shape index (κ2) is 9.82. The number of aryl methyl sites for hydroxylation is 1. The number of benzene rings is 3. The average molecular weight is 441 g/mol. The number of hydrogen-bond acceptors (Lipinski definition) is 4. The van der Waals surface area contributed by atoms with Gasteiger partial charge < -0.3 is 5.32 Å². The molecule has 0 bridgehead atoms. The van der Waals surface area contributed by atoms with Crippen LogP contribution >= 0.6 is 11.8 Å². The fourth-order valence-corrected chi connectivity index (χ4v) is 5.00. The first kappa shape index (κ1) is 21.9. The van der Waals surface area contributed by atoms with Crippen LogP contribution in [0.15, 0.2) is 88.7 Å². The van der Waals surface area contributed by atoms with Crippen LogP contribution in [0.3, 0.4) is 0 Å². The summed E-state index contributed by atoms with van der Waals surface area (Å²) in [6, 6.07) is 23.1. The van der Waals surface area contributed by atoms with E-state index in [0.717, 1.165) is 16.1 Å². The lowest BCUT2D eigenvalue weighted by atomic mass is 10.2. The van der Waals surface area contributed by atoms with Crippen LogP contribution in [-0.4, -0.2) is 27.1 Å². The number of carbonyl (C=O) groups is 1. The Kier molecular flexibility index (Phi) is 7.18. The van der Waals surface area contributed by atoms with Gasteiger partial charge in [-0.1, -0.05) is 48.0 Å². The molecular weight excluding hydrogens is 416 g/mol. The van der Waals surface area contributed by atoms with Crippen LogP contribution in [0.4, 0.5) is 11.4 Å². The normalized spacial score (nSPS) is 11.1. The van der Waals surface area contributed by atoms with Gasteiger partial charge in [-0.25, -0.2) is 8.42 Å². The van der Waals surface area contributed by atoms with Crippen LogP contribution in [0, 0.1) is 6.92 Å². The summed E-state index contributed by atoms with van der Waals surface area (Å²) in [5.41, 5.74) is 2.23. The second-order valence-corrected chi connectivity index (χ2v) is 9.43. The van der Waals surface area contributed by atoms with Crippen LogP contribution in [0.2, 0.25) is 0 Å². The van der Waals surface area contributed by atoms with Gasteiger partial charge in [-0.05, 0) is 49.6 Å². The molecule has 0 heterocycles. The monoisotopic (exact) mass is 440 g/mol. The van der Waals surface area contributed by atoms with Gasteiger partial charge in [0, 0.05) is 17.9 Å². The van der Waals surface area contributed by atoms with E-state index in [9.17, 15) is 13.2 Å². The number of carbonyl (C=O) groups excluding carboxylic acids is 1. The molecule has 1 amide bonds. The van der Waals surface area contributed by atoms with Crippen molar-refractivity contribution in [1.29, 1.82) is 0 Å². The summed E-state index contributed by atoms with van der Waals surface area (Å²) in [5, 5.41) is 2.89. The highest BCUT2D eigenvalue weighted by atomic mass is 32.2. The summed E-state index contributed by atoms with van der Waals surface area (Å²) < 4.78 is 27.9. The predicted octanol–water partition coefficient (Wildman–Crippen LogP) is 4.94. The quantitative estimate of drug-likeness (QED) is 0.504. The third-order valence-corrected chi connectivity index (χ3v) is 7.21. The molecule has 0 saturated carbocycles. The predicted molar refractivity (Wildman–Crippen MR) is 124 cm³/mol. The van der Waals surface area contributed by atoms with E-state index in [1.54, 1.807) is 60.3 Å². The highest BCUT2D eigenvalue weighted by Crippen LogP contribution is 2.26. The third kappa shape index (κ3) is 5.23. The summed E-state index contributed by atoms with van der Waals surface area (Å²) in [4.78, 5) is 13.7. The number of nitrogens with one attached hydrogen (secondary N) is 1. The summed E-state index contributed by atoms with van der Waals surface area (Å²) in [6.07, 6.45) is 1.97. The molecule has 0 aromatic heterocycles. The molecule has 0 saturated heterocycles. The van der Waals surface area contributed by atoms with Crippen molar-refractivity contribution >= 4 is 39.1 Å². The van der Waals surface area contributed by atoms with E-state index in [1.165, 1.54) is 4.31 Å². The zero-order chi connectivity index (χ0) is 21.6. The number of nitrogens with zero attached hydrogens (tertiary/aromatic N) is 1. The van der Waals surface area contributed by atoms with Crippen LogP contribution < -0.4 is 9.62 Å². The molecule has 1 N–H and O–H groups in total. The minimum Gasteiger partial charge on any atom is -0.325 e. The first-order chi connectivity index (χ1) is 14.4. The molecular formula is C23H24N2O3S2. The van der Waals surface area contributed by atoms with Gasteiger partial charge in [0.1, 0.15) is 0 Å². The van der Waals surface area contributed by atoms with E-state index in [0.29, 0.717) is 5.69 Å². The van der Waals surface area contributed by atoms with Crippen molar-refractivity contribution in [2.24, 2.45) is 0 Å². The molecule has 30 heavy (non-hydrogen) atoms. The van der Waals surface area contributed by atoms with Gasteiger partial charge in [0.05, 0.1) is 16.3 Å². The van der Waals surface area contributed by atoms with Crippen molar-refractivity contribution in [1.82, 2.24) is 0 Å². The molecule has 0 aliphatic rings. The van der Waals surface area contributed by atoms with Crippen molar-refractivity contribution in [3.8, 4) is 0 Å². The Morgan fingerprint density at radius 3 is 2.23 bits per heavy atom. The number of anilines is 2. The smallest absolute Gasteiger partial charge is 0.264 e. The molecule has 3 aromatic carbocycles. The molecule has 5 nitrogen and oxygen atoms in total. The van der Waals surface area contributed by atoms with Crippen LogP contribution in [-0.2, 0) is 14.8 Å². The van der Waals surface area contributed by atoms with Gasteiger partial charge in [0.2, 0.25) is 5.91 Å². The molecule has 0 radical (unpaired) electrons. The van der Waals surface area contributed by atoms with Crippen molar-refractivity contribution in [2.75, 3.05) is 22.4 Å². The Morgan fingerprint density at radius 1 is 0.933 bits per heavy atom. The van der Waals surface area contributed by atoms with Gasteiger partial charge >= 0.3 is 0 Å². The van der Waals surface area contributed by atoms with Crippen molar-refractivity contribution in [3.05, 3.63) is 84.4 Å². The molecule has 0 aliphatic carbocycles. The van der Waals surface area contributed by atoms with Gasteiger partial charge in [0.15, 0.2) is 0 Å². The molecule has 0 atom stereocenters. The van der Waals surface area contributed by atoms with Crippen LogP contribution in [0.25, 0.3) is 0 Å². The van der Waals surface area contributed by atoms with E-state index in [2.05, 4.69) is 5.32 Å². The maximum Gasteiger partial charge on any atom is 0.264 e. The largest absolute Gasteiger partial charge is 0.325 e. The highest BCUT2D eigenvalue weighted by molar-refractivity contribution is 7.98. The van der Waals surface area contributed by atoms with E-state index in [-0.39, 0.29) is 23.8 Å². The van der Waals surface area contributed by atoms with Crippen molar-refractivity contribution in [2.45, 2.75) is 23.1 Å². The van der Waals surface area contributed by atoms with Crippen molar-refractivity contribution in [3.63, 3.8) is 0 Å². The zero-order valence-electron chi connectivity index (χ0n) is 16.9. The van der Waals surface area contributed by atoms with E-state index < -0.39 is 10.0 Å². The molecule has 3 aromatic rings. The molecule has 0 aliphatic heterocycles. The lowest BCUT2D eigenvalue weighted by Crippen LogP contribution is -2.34. The standard InChI is InChI=1S/C23H24N2O3S2/c1-18-12-14-20(15-13-18)30(27,28)25(19-8-4-3-5-9-19)17-16-23(26)24-21-10-6-7-11-22(21)29-2/h3-15H,16-17H2,1-2H3,(H,24,26). The minimum atomic E-state index is -3.80. The minimum absolute atomic E-state index is 0.0305. The van der Waals surface area contributed by atoms with Gasteiger partial charge in [-0.2, -0.15) is 0 Å². The molecule has 0 spiro atoms. The average Bonchev–Trinajstić information content (AvgIpc) is 2.75. The Labute approximate surface area is 182 Å². The lowest BCUT2D eigenvalue weighted by molar-refractivity contribution is -0.116. The lowest BCUT2D eigenvalue weighted by Gasteiger charge is -2.24. The fraction of sp³-hybridized carbons (Fsp3) is 0.174. The van der Waals surface area contributed by atoms with E-state index in [1.807, 2.05) is 43.5 Å². The Bertz CT molecular complexity index is 1100. The Morgan fingerprint density at radius 2 is 1.57 bits per heavy atom. The number of thioether (sulfide) groups is 1. The summed E-state index contributed by atoms with van der Waals surface area (Å²) in [7, 11) is -3.80. The number of sulfonamides is 1. The number of rotatable bonds is 8. The van der Waals surface area contributed by atoms with Gasteiger partial charge in [0.25, 0.3) is 10.0 Å². The SMILES string of the molecule is CSc1ccccc1NC(=O)CCN(c1ccccc1)S(=O)(=O)c1ccc(C)cc1. The van der Waals surface area contributed by atoms with Gasteiger partial charge in [-0.15, -0.1) is 11.8 Å². The maximum atomic E-state index is 13.3. The number of para-hydroxylation sites is 2. The Balaban J connectivity index is 1.82. The number of amides is 1. The molecule has 156 valence electrons. The number of hydrogen-bond donors (Lipinski definition) is 1. The third-order valence-electron chi connectivity index (χ3n) is 4.58. The summed E-state index contributed by atoms with van der Waals surface area (Å²) >= 11 is 1.54. The molecule has 0 unspecified atom stereocenters. The van der Waals surface area contributed by atoms with E-state index >= 15 is 0 Å². The highest BCUT2D eigenvalue weighted by Gasteiger charge is 2.25. The van der Waals surface area contributed by atoms with Crippen molar-refractivity contribution < 1.29 is 13.2 Å². The maximum absolute atomic E-state index is 13.3. The molecule has 3 rings (SSSR count).